The molecule has 0 radical (unpaired) electrons. The van der Waals surface area contributed by atoms with Crippen molar-refractivity contribution in [3.05, 3.63) is 12.2 Å². The summed E-state index contributed by atoms with van der Waals surface area (Å²) in [6.45, 7) is 4.96. The monoisotopic (exact) mass is 354 g/mol. The Kier molecular flexibility index (Phi) is 9.51. The molecule has 0 spiro atoms. The van der Waals surface area contributed by atoms with E-state index in [2.05, 4.69) is 6.92 Å². The molecule has 4 atom stereocenters. The van der Waals surface area contributed by atoms with Gasteiger partial charge in [-0.3, -0.25) is 0 Å². The number of carboxylic acids is 1. The van der Waals surface area contributed by atoms with E-state index in [9.17, 15) is 4.79 Å². The van der Waals surface area contributed by atoms with E-state index in [0.29, 0.717) is 37.3 Å². The van der Waals surface area contributed by atoms with Crippen molar-refractivity contribution in [2.24, 2.45) is 11.8 Å². The molecule has 2 rings (SSSR count). The molecule has 25 heavy (non-hydrogen) atoms. The predicted octanol–water partition coefficient (Wildman–Crippen LogP) is 3.81. The topological polar surface area (TPSA) is 65.0 Å². The smallest absolute Gasteiger partial charge is 0.328 e. The van der Waals surface area contributed by atoms with Gasteiger partial charge in [-0.15, -0.1) is 0 Å². The normalized spacial score (nSPS) is 28.2. The van der Waals surface area contributed by atoms with E-state index in [-0.39, 0.29) is 0 Å². The van der Waals surface area contributed by atoms with Gasteiger partial charge >= 0.3 is 5.97 Å². The van der Waals surface area contributed by atoms with Crippen molar-refractivity contribution in [2.45, 2.75) is 70.5 Å². The zero-order valence-electron chi connectivity index (χ0n) is 15.5. The Balaban J connectivity index is 1.60. The van der Waals surface area contributed by atoms with Crippen LogP contribution in [0.2, 0.25) is 0 Å². The molecule has 5 nitrogen and oxygen atoms in total. The Morgan fingerprint density at radius 3 is 2.36 bits per heavy atom. The van der Waals surface area contributed by atoms with Crippen molar-refractivity contribution in [3.8, 4) is 0 Å². The van der Waals surface area contributed by atoms with Gasteiger partial charge in [0.2, 0.25) is 0 Å². The SMILES string of the molecule is CCCCCCOCC[C@@H]1[C@H](CCOCC=CC(=O)O)[C@@H]2CC[C@H]1O2. The first-order chi connectivity index (χ1) is 12.2. The van der Waals surface area contributed by atoms with Gasteiger partial charge in [0.05, 0.1) is 18.8 Å². The maximum atomic E-state index is 10.4. The van der Waals surface area contributed by atoms with Crippen molar-refractivity contribution in [1.29, 1.82) is 0 Å². The maximum absolute atomic E-state index is 10.4. The predicted molar refractivity (Wildman–Crippen MR) is 96.7 cm³/mol. The van der Waals surface area contributed by atoms with Crippen LogP contribution in [-0.2, 0) is 19.0 Å². The Hall–Kier alpha value is -0.910. The van der Waals surface area contributed by atoms with Gasteiger partial charge in [0.1, 0.15) is 0 Å². The molecule has 0 aromatic rings. The van der Waals surface area contributed by atoms with Crippen LogP contribution in [0.25, 0.3) is 0 Å². The van der Waals surface area contributed by atoms with E-state index in [1.165, 1.54) is 38.5 Å². The number of hydrogen-bond donors (Lipinski definition) is 1. The highest BCUT2D eigenvalue weighted by Crippen LogP contribution is 2.46. The molecule has 0 aromatic carbocycles. The van der Waals surface area contributed by atoms with Gasteiger partial charge in [-0.1, -0.05) is 32.3 Å². The fourth-order valence-electron chi connectivity index (χ4n) is 4.14. The van der Waals surface area contributed by atoms with Crippen LogP contribution in [0.1, 0.15) is 58.3 Å². The number of fused-ring (bicyclic) bond motifs is 2. The van der Waals surface area contributed by atoms with E-state index in [1.807, 2.05) is 0 Å². The van der Waals surface area contributed by atoms with E-state index >= 15 is 0 Å². The fraction of sp³-hybridized carbons (Fsp3) is 0.850. The molecule has 0 saturated carbocycles. The minimum Gasteiger partial charge on any atom is -0.478 e. The lowest BCUT2D eigenvalue weighted by Gasteiger charge is -2.27. The molecule has 2 aliphatic rings. The molecule has 2 heterocycles. The summed E-state index contributed by atoms with van der Waals surface area (Å²) in [6, 6.07) is 0. The van der Waals surface area contributed by atoms with Crippen LogP contribution in [0.4, 0.5) is 0 Å². The Labute approximate surface area is 151 Å². The van der Waals surface area contributed by atoms with Crippen LogP contribution in [0.15, 0.2) is 12.2 Å². The van der Waals surface area contributed by atoms with Crippen LogP contribution < -0.4 is 0 Å². The molecule has 1 N–H and O–H groups in total. The van der Waals surface area contributed by atoms with Crippen molar-refractivity contribution in [3.63, 3.8) is 0 Å². The summed E-state index contributed by atoms with van der Waals surface area (Å²) >= 11 is 0. The summed E-state index contributed by atoms with van der Waals surface area (Å²) in [5, 5.41) is 8.54. The molecule has 2 saturated heterocycles. The van der Waals surface area contributed by atoms with E-state index < -0.39 is 5.97 Å². The van der Waals surface area contributed by atoms with Crippen molar-refractivity contribution >= 4 is 5.97 Å². The summed E-state index contributed by atoms with van der Waals surface area (Å²) in [6.07, 6.45) is 12.9. The van der Waals surface area contributed by atoms with Gasteiger partial charge in [0.25, 0.3) is 0 Å². The van der Waals surface area contributed by atoms with Gasteiger partial charge < -0.3 is 19.3 Å². The zero-order valence-corrected chi connectivity index (χ0v) is 15.5. The molecule has 5 heteroatoms. The number of hydrogen-bond acceptors (Lipinski definition) is 4. The lowest BCUT2D eigenvalue weighted by atomic mass is 9.76. The minimum absolute atomic E-state index is 0.361. The zero-order chi connectivity index (χ0) is 17.9. The molecule has 0 aromatic heterocycles. The quantitative estimate of drug-likeness (QED) is 0.379. The third-order valence-corrected chi connectivity index (χ3v) is 5.40. The number of carbonyl (C=O) groups is 1. The van der Waals surface area contributed by atoms with Gasteiger partial charge in [-0.2, -0.15) is 0 Å². The molecule has 2 bridgehead atoms. The van der Waals surface area contributed by atoms with E-state index in [4.69, 9.17) is 19.3 Å². The standard InChI is InChI=1S/C20H34O5/c1-2-3-4-5-12-23-14-10-16-17(19-9-8-18(16)25-19)11-15-24-13-6-7-20(21)22/h6-7,16-19H,2-5,8-15H2,1H3,(H,21,22)/t16-,17+,18-,19+/m1/s1. The van der Waals surface area contributed by atoms with Crippen LogP contribution >= 0.6 is 0 Å². The lowest BCUT2D eigenvalue weighted by molar-refractivity contribution is -0.131. The third kappa shape index (κ3) is 7.08. The average Bonchev–Trinajstić information content (AvgIpc) is 3.19. The second kappa shape index (κ2) is 11.7. The number of rotatable bonds is 14. The highest BCUT2D eigenvalue weighted by molar-refractivity contribution is 5.79. The number of ether oxygens (including phenoxy) is 3. The fourth-order valence-corrected chi connectivity index (χ4v) is 4.14. The summed E-state index contributed by atoms with van der Waals surface area (Å²) < 4.78 is 17.5. The Morgan fingerprint density at radius 1 is 1.04 bits per heavy atom. The van der Waals surface area contributed by atoms with Crippen LogP contribution in [-0.4, -0.2) is 49.7 Å². The first kappa shape index (κ1) is 20.4. The van der Waals surface area contributed by atoms with E-state index in [1.54, 1.807) is 6.08 Å². The number of carboxylic acid groups (broad SMARTS) is 1. The van der Waals surface area contributed by atoms with Crippen LogP contribution in [0.5, 0.6) is 0 Å². The highest BCUT2D eigenvalue weighted by atomic mass is 16.5. The second-order valence-corrected chi connectivity index (χ2v) is 7.18. The van der Waals surface area contributed by atoms with E-state index in [0.717, 1.165) is 32.1 Å². The molecule has 0 unspecified atom stereocenters. The van der Waals surface area contributed by atoms with Crippen LogP contribution in [0, 0.1) is 11.8 Å². The van der Waals surface area contributed by atoms with Crippen molar-refractivity contribution in [1.82, 2.24) is 0 Å². The summed E-state index contributed by atoms with van der Waals surface area (Å²) in [5.74, 6) is 0.221. The number of unbranched alkanes of at least 4 members (excludes halogenated alkanes) is 3. The molecular weight excluding hydrogens is 320 g/mol. The summed E-state index contributed by atoms with van der Waals surface area (Å²) in [4.78, 5) is 10.4. The molecule has 0 amide bonds. The Morgan fingerprint density at radius 2 is 1.72 bits per heavy atom. The first-order valence-corrected chi connectivity index (χ1v) is 9.92. The molecular formula is C20H34O5. The second-order valence-electron chi connectivity index (χ2n) is 7.18. The maximum Gasteiger partial charge on any atom is 0.328 e. The lowest BCUT2D eigenvalue weighted by Crippen LogP contribution is -2.29. The van der Waals surface area contributed by atoms with Crippen molar-refractivity contribution < 1.29 is 24.1 Å². The van der Waals surface area contributed by atoms with Crippen LogP contribution in [0.3, 0.4) is 0 Å². The van der Waals surface area contributed by atoms with Gasteiger partial charge in [0.15, 0.2) is 0 Å². The van der Waals surface area contributed by atoms with Gasteiger partial charge in [-0.05, 0) is 43.9 Å². The largest absolute Gasteiger partial charge is 0.478 e. The highest BCUT2D eigenvalue weighted by Gasteiger charge is 2.47. The summed E-state index contributed by atoms with van der Waals surface area (Å²) in [7, 11) is 0. The summed E-state index contributed by atoms with van der Waals surface area (Å²) in [5.41, 5.74) is 0. The minimum atomic E-state index is -0.931. The molecule has 0 aliphatic carbocycles. The van der Waals surface area contributed by atoms with Crippen molar-refractivity contribution in [2.75, 3.05) is 26.4 Å². The Bertz CT molecular complexity index is 409. The molecule has 144 valence electrons. The first-order valence-electron chi connectivity index (χ1n) is 9.92. The molecule has 2 aliphatic heterocycles. The molecule has 2 fully saturated rings. The average molecular weight is 354 g/mol. The van der Waals surface area contributed by atoms with Gasteiger partial charge in [-0.25, -0.2) is 4.79 Å². The van der Waals surface area contributed by atoms with Gasteiger partial charge in [0, 0.05) is 25.9 Å². The number of aliphatic carboxylic acids is 1. The third-order valence-electron chi connectivity index (χ3n) is 5.40.